The minimum absolute atomic E-state index is 0.0495. The van der Waals surface area contributed by atoms with Crippen molar-refractivity contribution >= 4 is 40.8 Å². The van der Waals surface area contributed by atoms with E-state index in [1.54, 1.807) is 0 Å². The highest BCUT2D eigenvalue weighted by atomic mass is 35.5. The summed E-state index contributed by atoms with van der Waals surface area (Å²) in [4.78, 5) is 66.1. The van der Waals surface area contributed by atoms with E-state index in [0.717, 1.165) is 40.7 Å². The van der Waals surface area contributed by atoms with Gasteiger partial charge < -0.3 is 0 Å². The molecule has 1 saturated heterocycles. The van der Waals surface area contributed by atoms with E-state index in [1.807, 2.05) is 12.2 Å². The number of halogens is 2. The number of benzene rings is 2. The Morgan fingerprint density at radius 3 is 2.03 bits per heavy atom. The van der Waals surface area contributed by atoms with Crippen molar-refractivity contribution in [3.05, 3.63) is 87.7 Å². The Kier molecular flexibility index (Phi) is 6.10. The summed E-state index contributed by atoms with van der Waals surface area (Å²) >= 11 is 6.06. The number of allylic oxidation sites excluding steroid dienone is 2. The molecule has 0 unspecified atom stereocenters. The van der Waals surface area contributed by atoms with Crippen molar-refractivity contribution in [1.82, 2.24) is 10.0 Å². The standard InChI is InChI=1S/C28H23ClFN3O6/c29-12-11-22(25(34)14-1-5-16(30)6-2-14)31(26(35)15-3-7-17(8-4-15)33(38)39)32-27(36)23-18-9-10-19(21-13-20(18)21)24(23)28(32)37/h1-10,18-24H,11-13H2/t18-,19-,20-,21-,22-,23-,24+/m0/s1. The summed E-state index contributed by atoms with van der Waals surface area (Å²) in [6.45, 7) is 0. The van der Waals surface area contributed by atoms with Crippen molar-refractivity contribution in [2.24, 2.45) is 35.5 Å². The third-order valence-electron chi connectivity index (χ3n) is 8.50. The molecule has 1 aliphatic heterocycles. The molecule has 7 atom stereocenters. The van der Waals surface area contributed by atoms with Gasteiger partial charge in [-0.1, -0.05) is 12.2 Å². The number of imide groups is 1. The number of hydrogen-bond donors (Lipinski definition) is 0. The molecule has 11 heteroatoms. The molecule has 2 bridgehead atoms. The van der Waals surface area contributed by atoms with E-state index in [9.17, 15) is 33.7 Å². The predicted molar refractivity (Wildman–Crippen MR) is 136 cm³/mol. The van der Waals surface area contributed by atoms with Crippen molar-refractivity contribution in [3.8, 4) is 0 Å². The Balaban J connectivity index is 1.43. The van der Waals surface area contributed by atoms with Crippen LogP contribution in [0.1, 0.15) is 33.6 Å². The molecule has 0 spiro atoms. The first-order chi connectivity index (χ1) is 18.7. The second kappa shape index (κ2) is 9.37. The van der Waals surface area contributed by atoms with Gasteiger partial charge in [0.15, 0.2) is 5.78 Å². The number of carbonyl (C=O) groups is 4. The van der Waals surface area contributed by atoms with Gasteiger partial charge in [-0.15, -0.1) is 11.6 Å². The Morgan fingerprint density at radius 1 is 0.974 bits per heavy atom. The van der Waals surface area contributed by atoms with Crippen molar-refractivity contribution in [2.75, 3.05) is 5.88 Å². The normalized spacial score (nSPS) is 28.6. The lowest BCUT2D eigenvalue weighted by molar-refractivity contribution is -0.384. The van der Waals surface area contributed by atoms with Crippen molar-refractivity contribution in [1.29, 1.82) is 0 Å². The predicted octanol–water partition coefficient (Wildman–Crippen LogP) is 4.02. The summed E-state index contributed by atoms with van der Waals surface area (Å²) in [7, 11) is 0. The van der Waals surface area contributed by atoms with Crippen LogP contribution < -0.4 is 0 Å². The third-order valence-corrected chi connectivity index (χ3v) is 8.72. The van der Waals surface area contributed by atoms with Gasteiger partial charge >= 0.3 is 0 Å². The molecular formula is C28H23ClFN3O6. The van der Waals surface area contributed by atoms with Crippen LogP contribution in [-0.4, -0.2) is 50.4 Å². The first-order valence-electron chi connectivity index (χ1n) is 12.7. The van der Waals surface area contributed by atoms with Crippen LogP contribution in [0, 0.1) is 51.4 Å². The zero-order valence-corrected chi connectivity index (χ0v) is 21.2. The molecular weight excluding hydrogens is 529 g/mol. The van der Waals surface area contributed by atoms with Gasteiger partial charge in [-0.05, 0) is 72.9 Å². The molecule has 2 aromatic carbocycles. The summed E-state index contributed by atoms with van der Waals surface area (Å²) in [5.74, 6) is -4.00. The van der Waals surface area contributed by atoms with Gasteiger partial charge in [0.1, 0.15) is 11.9 Å². The number of rotatable bonds is 8. The molecule has 0 N–H and O–H groups in total. The van der Waals surface area contributed by atoms with Gasteiger partial charge in [-0.3, -0.25) is 29.3 Å². The third kappa shape index (κ3) is 3.96. The first-order valence-corrected chi connectivity index (χ1v) is 13.3. The molecule has 200 valence electrons. The van der Waals surface area contributed by atoms with Gasteiger partial charge in [0, 0.05) is 29.1 Å². The molecule has 0 radical (unpaired) electrons. The highest BCUT2D eigenvalue weighted by Crippen LogP contribution is 2.65. The number of hydrogen-bond acceptors (Lipinski definition) is 6. The number of amides is 3. The molecule has 39 heavy (non-hydrogen) atoms. The highest BCUT2D eigenvalue weighted by molar-refractivity contribution is 6.18. The van der Waals surface area contributed by atoms with Crippen LogP contribution in [0.2, 0.25) is 0 Å². The quantitative estimate of drug-likeness (QED) is 0.122. The summed E-state index contributed by atoms with van der Waals surface area (Å²) < 4.78 is 13.6. The minimum Gasteiger partial charge on any atom is -0.292 e. The summed E-state index contributed by atoms with van der Waals surface area (Å²) in [6.07, 6.45) is 4.85. The number of carbonyl (C=O) groups excluding carboxylic acids is 4. The fourth-order valence-corrected chi connectivity index (χ4v) is 6.86. The first kappa shape index (κ1) is 25.4. The van der Waals surface area contributed by atoms with Crippen LogP contribution in [0.4, 0.5) is 10.1 Å². The fourth-order valence-electron chi connectivity index (χ4n) is 6.66. The number of ketones is 1. The maximum atomic E-state index is 14.0. The van der Waals surface area contributed by atoms with Gasteiger partial charge in [-0.2, -0.15) is 5.01 Å². The van der Waals surface area contributed by atoms with Crippen molar-refractivity contribution in [3.63, 3.8) is 0 Å². The van der Waals surface area contributed by atoms with E-state index in [2.05, 4.69) is 0 Å². The lowest BCUT2D eigenvalue weighted by atomic mass is 9.63. The van der Waals surface area contributed by atoms with Crippen LogP contribution in [0.5, 0.6) is 0 Å². The summed E-state index contributed by atoms with van der Waals surface area (Å²) in [5.41, 5.74) is -0.224. The number of non-ortho nitro benzene ring substituents is 1. The van der Waals surface area contributed by atoms with E-state index in [-0.39, 0.29) is 41.0 Å². The Morgan fingerprint density at radius 2 is 1.51 bits per heavy atom. The van der Waals surface area contributed by atoms with Gasteiger partial charge in [0.25, 0.3) is 23.4 Å². The van der Waals surface area contributed by atoms with Crippen LogP contribution in [-0.2, 0) is 9.59 Å². The molecule has 0 aromatic heterocycles. The van der Waals surface area contributed by atoms with Crippen LogP contribution >= 0.6 is 11.6 Å². The van der Waals surface area contributed by atoms with Gasteiger partial charge in [0.05, 0.1) is 16.8 Å². The Hall–Kier alpha value is -3.92. The van der Waals surface area contributed by atoms with E-state index < -0.39 is 52.1 Å². The monoisotopic (exact) mass is 551 g/mol. The molecule has 2 saturated carbocycles. The van der Waals surface area contributed by atoms with Crippen LogP contribution in [0.15, 0.2) is 60.7 Å². The maximum absolute atomic E-state index is 14.0. The topological polar surface area (TPSA) is 118 Å². The molecule has 9 nitrogen and oxygen atoms in total. The van der Waals surface area contributed by atoms with Crippen LogP contribution in [0.3, 0.4) is 0 Å². The summed E-state index contributed by atoms with van der Waals surface area (Å²) in [5, 5.41) is 12.8. The number of Topliss-reactive ketones (excluding diaryl/α,β-unsaturated/α-hetero) is 1. The van der Waals surface area contributed by atoms with Crippen molar-refractivity contribution < 1.29 is 28.5 Å². The SMILES string of the molecule is O=C(c1ccc(F)cc1)[C@H](CCCl)N(C(=O)c1ccc([N+](=O)[O-])cc1)N1C(=O)[C@@H]2[C@H]3C=C[C@@H]([C@@H]4C[C@@H]34)[C@@H]2C1=O. The smallest absolute Gasteiger partial charge is 0.273 e. The molecule has 3 fully saturated rings. The molecule has 2 aromatic rings. The number of nitrogens with zero attached hydrogens (tertiary/aromatic N) is 3. The van der Waals surface area contributed by atoms with E-state index >= 15 is 0 Å². The molecule has 7 rings (SSSR count). The second-order valence-electron chi connectivity index (χ2n) is 10.5. The minimum atomic E-state index is -1.36. The second-order valence-corrected chi connectivity index (χ2v) is 10.8. The Labute approximate surface area is 227 Å². The van der Waals surface area contributed by atoms with Gasteiger partial charge in [0.2, 0.25) is 0 Å². The summed E-state index contributed by atoms with van der Waals surface area (Å²) in [6, 6.07) is 8.07. The lowest BCUT2D eigenvalue weighted by Gasteiger charge is -2.37. The number of alkyl halides is 1. The zero-order chi connectivity index (χ0) is 27.6. The largest absolute Gasteiger partial charge is 0.292 e. The highest BCUT2D eigenvalue weighted by Gasteiger charge is 2.68. The van der Waals surface area contributed by atoms with Gasteiger partial charge in [-0.25, -0.2) is 9.40 Å². The molecule has 3 amide bonds. The number of hydrazine groups is 1. The van der Waals surface area contributed by atoms with Crippen molar-refractivity contribution in [2.45, 2.75) is 18.9 Å². The average molecular weight is 552 g/mol. The zero-order valence-electron chi connectivity index (χ0n) is 20.5. The maximum Gasteiger partial charge on any atom is 0.273 e. The number of nitro groups is 1. The Bertz CT molecular complexity index is 1390. The fraction of sp³-hybridized carbons (Fsp3) is 0.357. The number of nitro benzene ring substituents is 1. The van der Waals surface area contributed by atoms with E-state index in [1.165, 1.54) is 24.3 Å². The van der Waals surface area contributed by atoms with E-state index in [4.69, 9.17) is 11.6 Å². The average Bonchev–Trinajstić information content (AvgIpc) is 3.72. The molecule has 1 heterocycles. The van der Waals surface area contributed by atoms with Crippen LogP contribution in [0.25, 0.3) is 0 Å². The lowest BCUT2D eigenvalue weighted by Crippen LogP contribution is -2.57. The molecule has 4 aliphatic carbocycles. The molecule has 5 aliphatic rings. The van der Waals surface area contributed by atoms with E-state index in [0.29, 0.717) is 11.8 Å².